The maximum absolute atomic E-state index is 9.83. The maximum Gasteiger partial charge on any atom is 0.244 e. The molecular formula is C12H12ClO2PS. The van der Waals surface area contributed by atoms with Crippen molar-refractivity contribution in [2.45, 2.75) is 9.79 Å². The van der Waals surface area contributed by atoms with Gasteiger partial charge >= 0.3 is 0 Å². The Kier molecular flexibility index (Phi) is 4.08. The Hall–Kier alpha value is -0.570. The molecule has 2 rings (SSSR count). The first-order chi connectivity index (χ1) is 8.09. The Morgan fingerprint density at radius 1 is 0.765 bits per heavy atom. The smallest absolute Gasteiger partial charge is 0.244 e. The maximum atomic E-state index is 9.83. The molecule has 5 heteroatoms. The molecule has 0 radical (unpaired) electrons. The van der Waals surface area contributed by atoms with E-state index in [2.05, 4.69) is 0 Å². The van der Waals surface area contributed by atoms with E-state index in [-0.39, 0.29) is 0 Å². The van der Waals surface area contributed by atoms with Crippen molar-refractivity contribution in [2.24, 2.45) is 0 Å². The highest BCUT2D eigenvalue weighted by Gasteiger charge is 2.16. The highest BCUT2D eigenvalue weighted by atomic mass is 35.7. The van der Waals surface area contributed by atoms with E-state index in [1.807, 2.05) is 60.7 Å². The Labute approximate surface area is 107 Å². The van der Waals surface area contributed by atoms with E-state index >= 15 is 0 Å². The van der Waals surface area contributed by atoms with Gasteiger partial charge < -0.3 is 9.79 Å². The molecule has 0 aliphatic rings. The molecule has 0 spiro atoms. The normalized spacial score (nSPS) is 11.8. The average Bonchev–Trinajstić information content (AvgIpc) is 2.30. The van der Waals surface area contributed by atoms with Crippen molar-refractivity contribution in [1.29, 1.82) is 0 Å². The molecule has 2 nitrogen and oxygen atoms in total. The molecule has 17 heavy (non-hydrogen) atoms. The third kappa shape index (κ3) is 3.21. The van der Waals surface area contributed by atoms with Crippen molar-refractivity contribution in [1.82, 2.24) is 0 Å². The van der Waals surface area contributed by atoms with E-state index in [1.54, 1.807) is 0 Å². The van der Waals surface area contributed by atoms with Crippen LogP contribution in [0.4, 0.5) is 0 Å². The predicted molar refractivity (Wildman–Crippen MR) is 74.0 cm³/mol. The van der Waals surface area contributed by atoms with E-state index in [1.165, 1.54) is 0 Å². The summed E-state index contributed by atoms with van der Waals surface area (Å²) in [6.07, 6.45) is 0. The summed E-state index contributed by atoms with van der Waals surface area (Å²) in [5.41, 5.74) is 0. The fourth-order valence-electron chi connectivity index (χ4n) is 1.50. The van der Waals surface area contributed by atoms with Gasteiger partial charge in [-0.2, -0.15) is 0 Å². The minimum Gasteiger partial charge on any atom is -0.337 e. The first-order valence-corrected chi connectivity index (χ1v) is 9.41. The minimum atomic E-state index is -3.47. The van der Waals surface area contributed by atoms with Crippen LogP contribution in [0.2, 0.25) is 0 Å². The van der Waals surface area contributed by atoms with Crippen molar-refractivity contribution in [3.8, 4) is 0 Å². The molecule has 0 fully saturated rings. The van der Waals surface area contributed by atoms with Gasteiger partial charge in [-0.25, -0.2) is 0 Å². The lowest BCUT2D eigenvalue weighted by Crippen LogP contribution is -1.94. The molecule has 0 atom stereocenters. The second-order valence-electron chi connectivity index (χ2n) is 3.38. The Balaban J connectivity index is 2.66. The van der Waals surface area contributed by atoms with Crippen LogP contribution in [0.1, 0.15) is 0 Å². The summed E-state index contributed by atoms with van der Waals surface area (Å²) in [6.45, 7) is 0. The van der Waals surface area contributed by atoms with E-state index in [9.17, 15) is 9.79 Å². The number of hydrogen-bond acceptors (Lipinski definition) is 0. The van der Waals surface area contributed by atoms with Gasteiger partial charge in [-0.3, -0.25) is 0 Å². The lowest BCUT2D eigenvalue weighted by Gasteiger charge is -2.15. The van der Waals surface area contributed by atoms with Crippen LogP contribution in [0, 0.1) is 0 Å². The van der Waals surface area contributed by atoms with Crippen LogP contribution in [-0.2, 0) is 10.1 Å². The summed E-state index contributed by atoms with van der Waals surface area (Å²) in [7, 11) is -0.881. The Morgan fingerprint density at radius 2 is 1.12 bits per heavy atom. The molecule has 90 valence electrons. The molecule has 2 aromatic rings. The van der Waals surface area contributed by atoms with E-state index in [4.69, 9.17) is 11.2 Å². The van der Waals surface area contributed by atoms with Gasteiger partial charge in [0.15, 0.2) is 0 Å². The van der Waals surface area contributed by atoms with Gasteiger partial charge in [-0.1, -0.05) is 46.5 Å². The van der Waals surface area contributed by atoms with Gasteiger partial charge in [0.2, 0.25) is 5.84 Å². The molecule has 0 aromatic heterocycles. The zero-order valence-electron chi connectivity index (χ0n) is 8.90. The van der Waals surface area contributed by atoms with Crippen LogP contribution in [0.25, 0.3) is 0 Å². The summed E-state index contributed by atoms with van der Waals surface area (Å²) in [5, 5.41) is 0. The van der Waals surface area contributed by atoms with Gasteiger partial charge in [0.05, 0.1) is 0 Å². The molecule has 2 N–H and O–H groups in total. The number of hydrogen-bond donors (Lipinski definition) is 2. The Bertz CT molecular complexity index is 501. The summed E-state index contributed by atoms with van der Waals surface area (Å²) in [6, 6.07) is 18.7. The largest absolute Gasteiger partial charge is 0.337 e. The van der Waals surface area contributed by atoms with Crippen LogP contribution < -0.4 is 0 Å². The zero-order valence-corrected chi connectivity index (χ0v) is 11.4. The minimum absolute atomic E-state index is 0.840. The topological polar surface area (TPSA) is 40.5 Å². The quantitative estimate of drug-likeness (QED) is 0.828. The van der Waals surface area contributed by atoms with Crippen LogP contribution in [0.3, 0.4) is 0 Å². The highest BCUT2D eigenvalue weighted by Crippen LogP contribution is 2.52. The molecule has 0 saturated carbocycles. The number of benzene rings is 2. The third-order valence-corrected chi connectivity index (χ3v) is 7.97. The van der Waals surface area contributed by atoms with Gasteiger partial charge in [0.1, 0.15) is 0 Å². The van der Waals surface area contributed by atoms with Crippen LogP contribution >= 0.6 is 17.1 Å². The van der Waals surface area contributed by atoms with E-state index < -0.39 is 15.9 Å². The second-order valence-corrected chi connectivity index (χ2v) is 10.5. The van der Waals surface area contributed by atoms with Crippen molar-refractivity contribution < 1.29 is 9.79 Å². The van der Waals surface area contributed by atoms with Gasteiger partial charge in [-0.15, -0.1) is 0 Å². The molecule has 0 aliphatic carbocycles. The molecule has 0 saturated heterocycles. The third-order valence-electron chi connectivity index (χ3n) is 2.17. The number of halogens is 1. The molecular weight excluding hydrogens is 275 g/mol. The molecule has 0 aliphatic heterocycles. The van der Waals surface area contributed by atoms with Crippen molar-refractivity contribution >= 4 is 27.2 Å². The molecule has 2 aromatic carbocycles. The van der Waals surface area contributed by atoms with Crippen molar-refractivity contribution in [3.05, 3.63) is 60.7 Å². The standard InChI is InChI=1S/C12H12ClO2PS/c13-16(14,15)17(11-7-3-1-4-8-11)12-9-5-2-6-10-12/h1-10,14-15H. The van der Waals surface area contributed by atoms with E-state index in [0.29, 0.717) is 0 Å². The summed E-state index contributed by atoms with van der Waals surface area (Å²) < 4.78 is 0. The molecule has 0 heterocycles. The van der Waals surface area contributed by atoms with E-state index in [0.717, 1.165) is 9.79 Å². The second kappa shape index (κ2) is 5.38. The number of rotatable bonds is 2. The van der Waals surface area contributed by atoms with Crippen LogP contribution in [0.5, 0.6) is 0 Å². The van der Waals surface area contributed by atoms with Crippen LogP contribution in [-0.4, -0.2) is 9.79 Å². The Morgan fingerprint density at radius 3 is 1.41 bits per heavy atom. The lowest BCUT2D eigenvalue weighted by atomic mass is 10.4. The molecule has 0 bridgehead atoms. The zero-order chi connectivity index (χ0) is 12.3. The van der Waals surface area contributed by atoms with Gasteiger partial charge in [0, 0.05) is 9.79 Å². The highest BCUT2D eigenvalue weighted by molar-refractivity contribution is 8.37. The lowest BCUT2D eigenvalue weighted by molar-refractivity contribution is 0.500. The predicted octanol–water partition coefficient (Wildman–Crippen LogP) is 3.62. The first-order valence-electron chi connectivity index (χ1n) is 4.98. The summed E-state index contributed by atoms with van der Waals surface area (Å²) in [4.78, 5) is 21.3. The summed E-state index contributed by atoms with van der Waals surface area (Å²) >= 11 is 5.80. The van der Waals surface area contributed by atoms with Crippen LogP contribution in [0.15, 0.2) is 70.5 Å². The first kappa shape index (κ1) is 12.9. The average molecular weight is 287 g/mol. The molecule has 0 amide bonds. The fraction of sp³-hybridized carbons (Fsp3) is 0. The van der Waals surface area contributed by atoms with Gasteiger partial charge in [-0.05, 0) is 35.5 Å². The van der Waals surface area contributed by atoms with Crippen molar-refractivity contribution in [3.63, 3.8) is 0 Å². The summed E-state index contributed by atoms with van der Waals surface area (Å²) in [5.74, 6) is -3.47. The van der Waals surface area contributed by atoms with Gasteiger partial charge in [0.25, 0.3) is 0 Å². The molecule has 0 unspecified atom stereocenters. The fourth-order valence-corrected chi connectivity index (χ4v) is 6.92. The SMILES string of the molecule is OP(O)(Cl)=S(c1ccccc1)c1ccccc1. The van der Waals surface area contributed by atoms with Crippen molar-refractivity contribution in [2.75, 3.05) is 0 Å². The monoisotopic (exact) mass is 286 g/mol.